The van der Waals surface area contributed by atoms with Crippen LogP contribution in [0, 0.1) is 6.08 Å². The summed E-state index contributed by atoms with van der Waals surface area (Å²) in [6.45, 7) is 0. The molecule has 1 aromatic carbocycles. The van der Waals surface area contributed by atoms with Crippen molar-refractivity contribution in [3.05, 3.63) is 45.8 Å². The molecular formula is C14H13. The Kier molecular flexibility index (Phi) is 1.80. The van der Waals surface area contributed by atoms with Gasteiger partial charge < -0.3 is 0 Å². The van der Waals surface area contributed by atoms with E-state index < -0.39 is 0 Å². The molecule has 0 aromatic heterocycles. The van der Waals surface area contributed by atoms with Crippen LogP contribution in [0.5, 0.6) is 0 Å². The molecule has 0 aliphatic heterocycles. The SMILES string of the molecule is [C]1=CCC=c2cc3c(cc21)=CCCC3. The molecule has 0 heteroatoms. The third-order valence-corrected chi connectivity index (χ3v) is 3.04. The molecule has 69 valence electrons. The molecule has 0 bridgehead atoms. The van der Waals surface area contributed by atoms with Gasteiger partial charge in [0.05, 0.1) is 0 Å². The predicted octanol–water partition coefficient (Wildman–Crippen LogP) is 1.70. The van der Waals surface area contributed by atoms with Crippen LogP contribution in [0.1, 0.15) is 30.4 Å². The van der Waals surface area contributed by atoms with Crippen LogP contribution >= 0.6 is 0 Å². The molecule has 0 unspecified atom stereocenters. The first-order chi connectivity index (χ1) is 6.93. The molecule has 3 rings (SSSR count). The molecule has 14 heavy (non-hydrogen) atoms. The lowest BCUT2D eigenvalue weighted by atomic mass is 9.94. The van der Waals surface area contributed by atoms with Crippen molar-refractivity contribution in [2.75, 3.05) is 0 Å². The van der Waals surface area contributed by atoms with Gasteiger partial charge in [0.25, 0.3) is 0 Å². The van der Waals surface area contributed by atoms with Gasteiger partial charge >= 0.3 is 0 Å². The van der Waals surface area contributed by atoms with Crippen molar-refractivity contribution in [3.63, 3.8) is 0 Å². The van der Waals surface area contributed by atoms with Crippen molar-refractivity contribution in [1.82, 2.24) is 0 Å². The minimum absolute atomic E-state index is 1.04. The van der Waals surface area contributed by atoms with Crippen LogP contribution in [-0.4, -0.2) is 0 Å². The van der Waals surface area contributed by atoms with E-state index in [1.54, 1.807) is 0 Å². The Morgan fingerprint density at radius 1 is 1.07 bits per heavy atom. The molecular weight excluding hydrogens is 168 g/mol. The molecule has 0 nitrogen and oxygen atoms in total. The summed E-state index contributed by atoms with van der Waals surface area (Å²) in [6.07, 6.45) is 14.9. The second-order valence-corrected chi connectivity index (χ2v) is 4.02. The molecule has 0 amide bonds. The minimum atomic E-state index is 1.04. The monoisotopic (exact) mass is 181 g/mol. The quantitative estimate of drug-likeness (QED) is 0.571. The van der Waals surface area contributed by atoms with Crippen LogP contribution in [0.25, 0.3) is 12.2 Å². The smallest absolute Gasteiger partial charge is 0.0105 e. The molecule has 0 saturated carbocycles. The summed E-state index contributed by atoms with van der Waals surface area (Å²) in [5.74, 6) is 0. The lowest BCUT2D eigenvalue weighted by Crippen LogP contribution is -2.21. The first-order valence-corrected chi connectivity index (χ1v) is 5.35. The molecule has 1 aromatic rings. The van der Waals surface area contributed by atoms with E-state index in [4.69, 9.17) is 0 Å². The Morgan fingerprint density at radius 2 is 2.07 bits per heavy atom. The van der Waals surface area contributed by atoms with Crippen LogP contribution in [-0.2, 0) is 6.42 Å². The van der Waals surface area contributed by atoms with Crippen LogP contribution in [0.3, 0.4) is 0 Å². The van der Waals surface area contributed by atoms with Crippen molar-refractivity contribution < 1.29 is 0 Å². The predicted molar refractivity (Wildman–Crippen MR) is 59.1 cm³/mol. The van der Waals surface area contributed by atoms with Crippen molar-refractivity contribution in [3.8, 4) is 0 Å². The number of benzene rings is 1. The van der Waals surface area contributed by atoms with Crippen molar-refractivity contribution in [2.24, 2.45) is 0 Å². The number of allylic oxidation sites excluding steroid dienone is 1. The van der Waals surface area contributed by atoms with Crippen LogP contribution in [0.4, 0.5) is 0 Å². The summed E-state index contributed by atoms with van der Waals surface area (Å²) in [5, 5.41) is 2.81. The minimum Gasteiger partial charge on any atom is -0.0770 e. The van der Waals surface area contributed by atoms with E-state index in [0.29, 0.717) is 0 Å². The molecule has 0 heterocycles. The van der Waals surface area contributed by atoms with Gasteiger partial charge in [-0.3, -0.25) is 0 Å². The highest BCUT2D eigenvalue weighted by atomic mass is 14.1. The third kappa shape index (κ3) is 1.22. The second-order valence-electron chi connectivity index (χ2n) is 4.02. The summed E-state index contributed by atoms with van der Waals surface area (Å²) in [7, 11) is 0. The molecule has 0 fully saturated rings. The van der Waals surface area contributed by atoms with Gasteiger partial charge in [0.1, 0.15) is 0 Å². The standard InChI is InChI=1S/C14H13/c1-2-6-12-10-14-8-4-3-7-13(14)9-11(12)5-1/h1,6-7,9-10H,2-4,8H2. The second kappa shape index (κ2) is 3.13. The molecule has 2 aliphatic rings. The Bertz CT molecular complexity index is 504. The van der Waals surface area contributed by atoms with Crippen molar-refractivity contribution in [1.29, 1.82) is 0 Å². The average molecular weight is 181 g/mol. The van der Waals surface area contributed by atoms with Gasteiger partial charge in [-0.1, -0.05) is 24.3 Å². The number of hydrogen-bond acceptors (Lipinski definition) is 0. The zero-order valence-electron chi connectivity index (χ0n) is 8.22. The third-order valence-electron chi connectivity index (χ3n) is 3.04. The van der Waals surface area contributed by atoms with Gasteiger partial charge in [0, 0.05) is 0 Å². The molecule has 0 saturated heterocycles. The van der Waals surface area contributed by atoms with E-state index in [0.717, 1.165) is 6.42 Å². The maximum atomic E-state index is 3.34. The van der Waals surface area contributed by atoms with Crippen LogP contribution in [0.15, 0.2) is 18.2 Å². The number of fused-ring (bicyclic) bond motifs is 2. The van der Waals surface area contributed by atoms with Crippen LogP contribution in [0.2, 0.25) is 0 Å². The van der Waals surface area contributed by atoms with Crippen molar-refractivity contribution in [2.45, 2.75) is 25.7 Å². The Balaban J connectivity index is 2.33. The van der Waals surface area contributed by atoms with Gasteiger partial charge in [-0.15, -0.1) is 0 Å². The van der Waals surface area contributed by atoms with E-state index in [-0.39, 0.29) is 0 Å². The normalized spacial score (nSPS) is 17.7. The Hall–Kier alpha value is -1.30. The Morgan fingerprint density at radius 3 is 3.07 bits per heavy atom. The molecule has 0 atom stereocenters. The maximum absolute atomic E-state index is 3.34. The zero-order chi connectivity index (χ0) is 9.38. The molecule has 2 aliphatic carbocycles. The number of hydrogen-bond donors (Lipinski definition) is 0. The van der Waals surface area contributed by atoms with Gasteiger partial charge in [0.15, 0.2) is 0 Å². The van der Waals surface area contributed by atoms with Crippen molar-refractivity contribution >= 4 is 12.2 Å². The summed E-state index contributed by atoms with van der Waals surface area (Å²) in [4.78, 5) is 0. The summed E-state index contributed by atoms with van der Waals surface area (Å²) < 4.78 is 0. The highest BCUT2D eigenvalue weighted by Crippen LogP contribution is 2.08. The molecule has 0 spiro atoms. The van der Waals surface area contributed by atoms with E-state index in [1.165, 1.54) is 40.8 Å². The van der Waals surface area contributed by atoms with Crippen LogP contribution < -0.4 is 10.4 Å². The summed E-state index contributed by atoms with van der Waals surface area (Å²) >= 11 is 0. The maximum Gasteiger partial charge on any atom is -0.0105 e. The fourth-order valence-electron chi connectivity index (χ4n) is 2.29. The summed E-state index contributed by atoms with van der Waals surface area (Å²) in [5.41, 5.74) is 2.79. The summed E-state index contributed by atoms with van der Waals surface area (Å²) in [6, 6.07) is 4.64. The largest absolute Gasteiger partial charge is 0.0770 e. The van der Waals surface area contributed by atoms with Gasteiger partial charge in [-0.05, 0) is 59.4 Å². The highest BCUT2D eigenvalue weighted by Gasteiger charge is 2.04. The molecule has 0 N–H and O–H groups in total. The lowest BCUT2D eigenvalue weighted by Gasteiger charge is -2.10. The van der Waals surface area contributed by atoms with Gasteiger partial charge in [-0.25, -0.2) is 0 Å². The Labute approximate surface area is 84.3 Å². The topological polar surface area (TPSA) is 0 Å². The van der Waals surface area contributed by atoms with E-state index in [2.05, 4.69) is 36.4 Å². The first kappa shape index (κ1) is 8.05. The van der Waals surface area contributed by atoms with E-state index >= 15 is 0 Å². The zero-order valence-corrected chi connectivity index (χ0v) is 8.22. The number of aryl methyl sites for hydroxylation is 1. The molecule has 1 radical (unpaired) electrons. The average Bonchev–Trinajstić information content (AvgIpc) is 2.26. The van der Waals surface area contributed by atoms with E-state index in [9.17, 15) is 0 Å². The fraction of sp³-hybridized carbons (Fsp3) is 0.286. The van der Waals surface area contributed by atoms with E-state index in [1.807, 2.05) is 0 Å². The first-order valence-electron chi connectivity index (χ1n) is 5.35. The van der Waals surface area contributed by atoms with Gasteiger partial charge in [0.2, 0.25) is 0 Å². The van der Waals surface area contributed by atoms with Gasteiger partial charge in [-0.2, -0.15) is 0 Å². The fourth-order valence-corrected chi connectivity index (χ4v) is 2.29. The highest BCUT2D eigenvalue weighted by molar-refractivity contribution is 5.44. The lowest BCUT2D eigenvalue weighted by molar-refractivity contribution is 0.834. The number of rotatable bonds is 0.